The van der Waals surface area contributed by atoms with Crippen LogP contribution in [0.2, 0.25) is 0 Å². The third kappa shape index (κ3) is 2.08. The van der Waals surface area contributed by atoms with Crippen LogP contribution < -0.4 is 0 Å². The molecule has 22 heavy (non-hydrogen) atoms. The van der Waals surface area contributed by atoms with Gasteiger partial charge in [-0.1, -0.05) is 35.6 Å². The molecule has 0 bridgehead atoms. The van der Waals surface area contributed by atoms with Gasteiger partial charge in [0, 0.05) is 11.1 Å². The van der Waals surface area contributed by atoms with Crippen molar-refractivity contribution in [1.29, 1.82) is 0 Å². The fourth-order valence-electron chi connectivity index (χ4n) is 2.32. The number of benzene rings is 2. The Labute approximate surface area is 129 Å². The van der Waals surface area contributed by atoms with E-state index in [4.69, 9.17) is 0 Å². The lowest BCUT2D eigenvalue weighted by atomic mass is 10.1. The van der Waals surface area contributed by atoms with E-state index in [-0.39, 0.29) is 5.82 Å². The summed E-state index contributed by atoms with van der Waals surface area (Å²) in [7, 11) is 0. The van der Waals surface area contributed by atoms with Crippen molar-refractivity contribution in [3.05, 3.63) is 59.9 Å². The van der Waals surface area contributed by atoms with Gasteiger partial charge in [-0.05, 0) is 36.8 Å². The van der Waals surface area contributed by atoms with E-state index in [1.807, 2.05) is 18.2 Å². The van der Waals surface area contributed by atoms with Gasteiger partial charge < -0.3 is 0 Å². The van der Waals surface area contributed by atoms with Crippen LogP contribution in [0.5, 0.6) is 0 Å². The molecule has 0 aliphatic heterocycles. The van der Waals surface area contributed by atoms with Crippen LogP contribution in [0.1, 0.15) is 5.56 Å². The molecule has 0 radical (unpaired) electrons. The van der Waals surface area contributed by atoms with Crippen molar-refractivity contribution in [2.24, 2.45) is 0 Å². The van der Waals surface area contributed by atoms with Crippen LogP contribution in [-0.4, -0.2) is 19.8 Å². The third-order valence-electron chi connectivity index (χ3n) is 3.47. The van der Waals surface area contributed by atoms with Gasteiger partial charge in [-0.15, -0.1) is 10.2 Å². The monoisotopic (exact) mass is 310 g/mol. The smallest absolute Gasteiger partial charge is 0.207 e. The molecule has 2 aromatic carbocycles. The Morgan fingerprint density at radius 1 is 1.00 bits per heavy atom. The molecule has 0 N–H and O–H groups in total. The largest absolute Gasteiger partial charge is 0.235 e. The van der Waals surface area contributed by atoms with Crippen molar-refractivity contribution in [3.8, 4) is 22.0 Å². The Morgan fingerprint density at radius 3 is 2.55 bits per heavy atom. The van der Waals surface area contributed by atoms with Crippen LogP contribution >= 0.6 is 11.3 Å². The van der Waals surface area contributed by atoms with Gasteiger partial charge in [0.15, 0.2) is 5.82 Å². The number of rotatable bonds is 2. The number of aryl methyl sites for hydroxylation is 1. The van der Waals surface area contributed by atoms with E-state index in [0.29, 0.717) is 5.82 Å². The lowest BCUT2D eigenvalue weighted by molar-refractivity contribution is 0.628. The molecule has 4 aromatic rings. The molecule has 0 amide bonds. The van der Waals surface area contributed by atoms with E-state index in [2.05, 4.69) is 28.3 Å². The molecular weight excluding hydrogens is 299 g/mol. The molecular formula is C16H11FN4S. The van der Waals surface area contributed by atoms with Gasteiger partial charge in [0.1, 0.15) is 10.8 Å². The van der Waals surface area contributed by atoms with E-state index in [9.17, 15) is 4.39 Å². The van der Waals surface area contributed by atoms with E-state index >= 15 is 0 Å². The highest BCUT2D eigenvalue weighted by Gasteiger charge is 2.15. The average Bonchev–Trinajstić information content (AvgIpc) is 3.09. The van der Waals surface area contributed by atoms with Crippen molar-refractivity contribution < 1.29 is 4.39 Å². The Bertz CT molecular complexity index is 956. The highest BCUT2D eigenvalue weighted by molar-refractivity contribution is 7.19. The van der Waals surface area contributed by atoms with Crippen molar-refractivity contribution in [2.75, 3.05) is 0 Å². The second-order valence-electron chi connectivity index (χ2n) is 4.95. The number of nitrogens with zero attached hydrogens (tertiary/aromatic N) is 4. The summed E-state index contributed by atoms with van der Waals surface area (Å²) in [6.07, 6.45) is 0. The summed E-state index contributed by atoms with van der Waals surface area (Å²) in [6, 6.07) is 14.3. The minimum absolute atomic E-state index is 0.275. The Hall–Kier alpha value is -2.60. The summed E-state index contributed by atoms with van der Waals surface area (Å²) >= 11 is 1.49. The molecule has 108 valence electrons. The number of fused-ring (bicyclic) bond motifs is 1. The van der Waals surface area contributed by atoms with Crippen LogP contribution in [0.25, 0.3) is 26.9 Å². The van der Waals surface area contributed by atoms with Crippen LogP contribution in [0.3, 0.4) is 0 Å². The van der Waals surface area contributed by atoms with Gasteiger partial charge in [-0.3, -0.25) is 0 Å². The van der Waals surface area contributed by atoms with E-state index in [1.54, 1.807) is 16.6 Å². The highest BCUT2D eigenvalue weighted by Crippen LogP contribution is 2.29. The highest BCUT2D eigenvalue weighted by atomic mass is 32.1. The van der Waals surface area contributed by atoms with Crippen LogP contribution in [-0.2, 0) is 0 Å². The minimum Gasteiger partial charge on any atom is -0.207 e. The Morgan fingerprint density at radius 2 is 1.77 bits per heavy atom. The zero-order valence-corrected chi connectivity index (χ0v) is 12.5. The van der Waals surface area contributed by atoms with Gasteiger partial charge in [0.25, 0.3) is 0 Å². The van der Waals surface area contributed by atoms with E-state index in [1.165, 1.54) is 23.5 Å². The Kier molecular flexibility index (Phi) is 2.97. The number of hydrogen-bond donors (Lipinski definition) is 0. The summed E-state index contributed by atoms with van der Waals surface area (Å²) in [4.78, 5) is 0.720. The Balaban J connectivity index is 1.86. The molecule has 0 unspecified atom stereocenters. The molecule has 0 saturated carbocycles. The normalized spacial score (nSPS) is 11.2. The van der Waals surface area contributed by atoms with Crippen LogP contribution in [0, 0.1) is 12.7 Å². The van der Waals surface area contributed by atoms with Gasteiger partial charge in [-0.2, -0.15) is 9.61 Å². The molecule has 0 saturated heterocycles. The lowest BCUT2D eigenvalue weighted by Gasteiger charge is -2.00. The van der Waals surface area contributed by atoms with E-state index in [0.717, 1.165) is 26.7 Å². The number of halogens is 1. The molecule has 2 aromatic heterocycles. The maximum absolute atomic E-state index is 13.1. The molecule has 2 heterocycles. The number of hydrogen-bond acceptors (Lipinski definition) is 4. The minimum atomic E-state index is -0.275. The SMILES string of the molecule is Cc1ccccc1-c1nn2c(-c3ccc(F)cc3)nnc2s1. The molecule has 0 atom stereocenters. The predicted octanol–water partition coefficient (Wildman–Crippen LogP) is 3.97. The first-order chi connectivity index (χ1) is 10.7. The molecule has 4 rings (SSSR count). The zero-order chi connectivity index (χ0) is 15.1. The topological polar surface area (TPSA) is 43.1 Å². The first-order valence-corrected chi connectivity index (χ1v) is 7.58. The first-order valence-electron chi connectivity index (χ1n) is 6.76. The molecule has 4 nitrogen and oxygen atoms in total. The van der Waals surface area contributed by atoms with Crippen LogP contribution in [0.4, 0.5) is 4.39 Å². The standard InChI is InChI=1S/C16H11FN4S/c1-10-4-2-3-5-13(10)15-20-21-14(18-19-16(21)22-15)11-6-8-12(17)9-7-11/h2-9H,1H3. The van der Waals surface area contributed by atoms with Gasteiger partial charge in [-0.25, -0.2) is 4.39 Å². The molecule has 0 aliphatic rings. The van der Waals surface area contributed by atoms with Crippen molar-refractivity contribution in [3.63, 3.8) is 0 Å². The third-order valence-corrected chi connectivity index (χ3v) is 4.40. The van der Waals surface area contributed by atoms with Crippen LogP contribution in [0.15, 0.2) is 48.5 Å². The quantitative estimate of drug-likeness (QED) is 0.563. The van der Waals surface area contributed by atoms with E-state index < -0.39 is 0 Å². The molecule has 0 fully saturated rings. The zero-order valence-electron chi connectivity index (χ0n) is 11.7. The molecule has 6 heteroatoms. The van der Waals surface area contributed by atoms with Crippen molar-refractivity contribution >= 4 is 16.3 Å². The summed E-state index contributed by atoms with van der Waals surface area (Å²) in [5.74, 6) is 0.342. The summed E-state index contributed by atoms with van der Waals surface area (Å²) in [5, 5.41) is 13.8. The second kappa shape index (κ2) is 4.99. The molecule has 0 spiro atoms. The molecule has 0 aliphatic carbocycles. The lowest BCUT2D eigenvalue weighted by Crippen LogP contribution is -1.91. The maximum atomic E-state index is 13.1. The first kappa shape index (κ1) is 13.1. The van der Waals surface area contributed by atoms with Gasteiger partial charge in [0.2, 0.25) is 4.96 Å². The summed E-state index contributed by atoms with van der Waals surface area (Å²) in [5.41, 5.74) is 3.04. The van der Waals surface area contributed by atoms with Crippen molar-refractivity contribution in [1.82, 2.24) is 19.8 Å². The summed E-state index contributed by atoms with van der Waals surface area (Å²) < 4.78 is 14.8. The predicted molar refractivity (Wildman–Crippen MR) is 84.2 cm³/mol. The second-order valence-corrected chi connectivity index (χ2v) is 5.90. The average molecular weight is 310 g/mol. The fraction of sp³-hybridized carbons (Fsp3) is 0.0625. The fourth-order valence-corrected chi connectivity index (χ4v) is 3.25. The van der Waals surface area contributed by atoms with Crippen molar-refractivity contribution in [2.45, 2.75) is 6.92 Å². The van der Waals surface area contributed by atoms with Gasteiger partial charge in [0.05, 0.1) is 0 Å². The summed E-state index contributed by atoms with van der Waals surface area (Å²) in [6.45, 7) is 2.05. The van der Waals surface area contributed by atoms with Gasteiger partial charge >= 0.3 is 0 Å². The maximum Gasteiger partial charge on any atom is 0.235 e. The number of aromatic nitrogens is 4.